The maximum Gasteiger partial charge on any atom is 0.171 e. The van der Waals surface area contributed by atoms with Gasteiger partial charge in [-0.15, -0.1) is 11.3 Å². The summed E-state index contributed by atoms with van der Waals surface area (Å²) >= 11 is 1.77. The number of hydrogen-bond donors (Lipinski definition) is 0. The van der Waals surface area contributed by atoms with E-state index in [-0.39, 0.29) is 5.57 Å². The molecule has 6 aromatic rings. The molecule has 4 nitrogen and oxygen atoms in total. The van der Waals surface area contributed by atoms with Gasteiger partial charge < -0.3 is 4.74 Å². The first kappa shape index (κ1) is 21.7. The van der Waals surface area contributed by atoms with E-state index in [2.05, 4.69) is 77.2 Å². The maximum absolute atomic E-state index is 9.37. The molecule has 3 aromatic heterocycles. The number of pyridine rings is 1. The highest BCUT2D eigenvalue weighted by molar-refractivity contribution is 7.19. The molecule has 4 heterocycles. The number of thiophene rings is 1. The first-order valence-corrected chi connectivity index (χ1v) is 13.0. The van der Waals surface area contributed by atoms with Crippen LogP contribution < -0.4 is 0 Å². The molecule has 0 saturated heterocycles. The fourth-order valence-corrected chi connectivity index (χ4v) is 7.02. The first-order chi connectivity index (χ1) is 17.9. The molecular weight excluding hydrogens is 474 g/mol. The third-order valence-electron chi connectivity index (χ3n) is 7.52. The van der Waals surface area contributed by atoms with Crippen LogP contribution in [0.3, 0.4) is 0 Å². The molecule has 5 heteroatoms. The van der Waals surface area contributed by atoms with Gasteiger partial charge in [0.25, 0.3) is 0 Å². The molecule has 7 rings (SSSR count). The molecule has 3 aromatic carbocycles. The molecule has 0 unspecified atom stereocenters. The minimum absolute atomic E-state index is 0.00919. The summed E-state index contributed by atoms with van der Waals surface area (Å²) in [4.78, 5) is 2.36. The SMILES string of the molecule is CC1=C(/C=C/c2cc3c4cccc5ccc6c7ccccc7n(c3s2)c6c54)C(C)(C)OC1=C(C#N)C#N. The van der Waals surface area contributed by atoms with Crippen molar-refractivity contribution in [2.45, 2.75) is 26.4 Å². The predicted octanol–water partition coefficient (Wildman–Crippen LogP) is 8.49. The Balaban J connectivity index is 1.50. The van der Waals surface area contributed by atoms with Gasteiger partial charge in [-0.3, -0.25) is 4.40 Å². The van der Waals surface area contributed by atoms with Gasteiger partial charge in [0.15, 0.2) is 11.3 Å². The van der Waals surface area contributed by atoms with Crippen molar-refractivity contribution in [1.29, 1.82) is 10.5 Å². The van der Waals surface area contributed by atoms with Crippen molar-refractivity contribution in [3.8, 4) is 12.1 Å². The number of fused-ring (bicyclic) bond motifs is 6. The van der Waals surface area contributed by atoms with Crippen molar-refractivity contribution in [1.82, 2.24) is 4.40 Å². The average molecular weight is 496 g/mol. The summed E-state index contributed by atoms with van der Waals surface area (Å²) < 4.78 is 8.48. The van der Waals surface area contributed by atoms with Gasteiger partial charge in [-0.05, 0) is 49.8 Å². The van der Waals surface area contributed by atoms with Crippen LogP contribution in [0.15, 0.2) is 89.2 Å². The van der Waals surface area contributed by atoms with E-state index in [1.807, 2.05) is 32.9 Å². The van der Waals surface area contributed by atoms with Crippen LogP contribution >= 0.6 is 11.3 Å². The molecule has 0 bridgehead atoms. The standard InChI is InChI=1S/C32H21N3OS/c1-18-26(32(2,3)36-30(18)20(16-33)17-34)14-12-21-15-25-23-9-6-7-19-11-13-24-22-8-4-5-10-27(22)35(31(25)37-21)29(24)28(19)23/h4-15H,1-3H3/b14-12+. The molecule has 0 N–H and O–H groups in total. The quantitative estimate of drug-likeness (QED) is 0.226. The number of ether oxygens (including phenoxy) is 1. The molecule has 0 spiro atoms. The zero-order valence-electron chi connectivity index (χ0n) is 20.6. The zero-order chi connectivity index (χ0) is 25.5. The number of nitrogens with zero attached hydrogens (tertiary/aromatic N) is 3. The van der Waals surface area contributed by atoms with Gasteiger partial charge in [0.1, 0.15) is 22.6 Å². The van der Waals surface area contributed by atoms with E-state index in [9.17, 15) is 10.5 Å². The summed E-state index contributed by atoms with van der Waals surface area (Å²) in [6.07, 6.45) is 4.20. The highest BCUT2D eigenvalue weighted by Gasteiger charge is 2.36. The lowest BCUT2D eigenvalue weighted by atomic mass is 9.95. The van der Waals surface area contributed by atoms with Crippen LogP contribution in [-0.2, 0) is 4.74 Å². The van der Waals surface area contributed by atoms with E-state index in [0.29, 0.717) is 5.76 Å². The number of rotatable bonds is 2. The van der Waals surface area contributed by atoms with Crippen LogP contribution in [0, 0.1) is 22.7 Å². The minimum Gasteiger partial charge on any atom is -0.481 e. The summed E-state index contributed by atoms with van der Waals surface area (Å²) in [5, 5.41) is 26.3. The van der Waals surface area contributed by atoms with Crippen molar-refractivity contribution in [2.24, 2.45) is 0 Å². The number of hydrogen-bond acceptors (Lipinski definition) is 4. The van der Waals surface area contributed by atoms with Crippen molar-refractivity contribution >= 4 is 65.6 Å². The van der Waals surface area contributed by atoms with E-state index in [4.69, 9.17) is 4.74 Å². The van der Waals surface area contributed by atoms with Crippen molar-refractivity contribution < 1.29 is 4.74 Å². The summed E-state index contributed by atoms with van der Waals surface area (Å²) in [5.74, 6) is 0.378. The highest BCUT2D eigenvalue weighted by Crippen LogP contribution is 2.44. The number of para-hydroxylation sites is 1. The number of benzene rings is 3. The van der Waals surface area contributed by atoms with Crippen LogP contribution in [0.25, 0.3) is 54.3 Å². The van der Waals surface area contributed by atoms with Gasteiger partial charge in [0, 0.05) is 37.6 Å². The maximum atomic E-state index is 9.37. The second kappa shape index (κ2) is 7.46. The van der Waals surface area contributed by atoms with Crippen molar-refractivity contribution in [3.63, 3.8) is 0 Å². The smallest absolute Gasteiger partial charge is 0.171 e. The minimum atomic E-state index is -0.629. The molecule has 0 fully saturated rings. The summed E-state index contributed by atoms with van der Waals surface area (Å²) in [7, 11) is 0. The largest absolute Gasteiger partial charge is 0.481 e. The van der Waals surface area contributed by atoms with E-state index in [1.165, 1.54) is 48.2 Å². The molecule has 1 aliphatic rings. The van der Waals surface area contributed by atoms with E-state index >= 15 is 0 Å². The lowest BCUT2D eigenvalue weighted by Gasteiger charge is -2.20. The molecular formula is C32H21N3OS. The number of allylic oxidation sites excluding steroid dienone is 2. The van der Waals surface area contributed by atoms with Crippen molar-refractivity contribution in [2.75, 3.05) is 0 Å². The predicted molar refractivity (Wildman–Crippen MR) is 152 cm³/mol. The highest BCUT2D eigenvalue weighted by atomic mass is 32.1. The van der Waals surface area contributed by atoms with Gasteiger partial charge in [-0.25, -0.2) is 0 Å². The van der Waals surface area contributed by atoms with Gasteiger partial charge >= 0.3 is 0 Å². The normalized spacial score (nSPS) is 15.5. The Morgan fingerprint density at radius 2 is 1.70 bits per heavy atom. The summed E-state index contributed by atoms with van der Waals surface area (Å²) in [6.45, 7) is 5.85. The van der Waals surface area contributed by atoms with Crippen LogP contribution in [-0.4, -0.2) is 10.0 Å². The van der Waals surface area contributed by atoms with E-state index in [0.717, 1.165) is 16.0 Å². The lowest BCUT2D eigenvalue weighted by Crippen LogP contribution is -2.20. The molecule has 176 valence electrons. The zero-order valence-corrected chi connectivity index (χ0v) is 21.4. The Kier molecular flexibility index (Phi) is 4.37. The molecule has 0 atom stereocenters. The van der Waals surface area contributed by atoms with Crippen LogP contribution in [0.2, 0.25) is 0 Å². The Morgan fingerprint density at radius 1 is 0.919 bits per heavy atom. The molecule has 0 aliphatic carbocycles. The molecule has 37 heavy (non-hydrogen) atoms. The second-order valence-electron chi connectivity index (χ2n) is 10.00. The lowest BCUT2D eigenvalue weighted by molar-refractivity contribution is 0.0951. The fourth-order valence-electron chi connectivity index (χ4n) is 5.92. The third-order valence-corrected chi connectivity index (χ3v) is 8.60. The van der Waals surface area contributed by atoms with Crippen LogP contribution in [0.5, 0.6) is 0 Å². The summed E-state index contributed by atoms with van der Waals surface area (Å²) in [6, 6.07) is 25.9. The fraction of sp³-hybridized carbons (Fsp3) is 0.125. The van der Waals surface area contributed by atoms with Gasteiger partial charge in [0.2, 0.25) is 0 Å². The Labute approximate surface area is 217 Å². The van der Waals surface area contributed by atoms with Crippen LogP contribution in [0.1, 0.15) is 25.6 Å². The van der Waals surface area contributed by atoms with Gasteiger partial charge in [0.05, 0.1) is 11.0 Å². The average Bonchev–Trinajstić information content (AvgIpc) is 3.54. The molecule has 1 aliphatic heterocycles. The van der Waals surface area contributed by atoms with E-state index in [1.54, 1.807) is 11.3 Å². The second-order valence-corrected chi connectivity index (χ2v) is 11.1. The topological polar surface area (TPSA) is 61.2 Å². The molecule has 0 amide bonds. The Morgan fingerprint density at radius 3 is 2.51 bits per heavy atom. The third kappa shape index (κ3) is 2.87. The Hall–Kier alpha value is -4.58. The van der Waals surface area contributed by atoms with Crippen molar-refractivity contribution in [3.05, 3.63) is 94.1 Å². The molecule has 0 radical (unpaired) electrons. The first-order valence-electron chi connectivity index (χ1n) is 12.2. The van der Waals surface area contributed by atoms with Gasteiger partial charge in [-0.1, -0.05) is 54.6 Å². The number of aromatic nitrogens is 1. The van der Waals surface area contributed by atoms with E-state index < -0.39 is 5.60 Å². The summed E-state index contributed by atoms with van der Waals surface area (Å²) in [5.41, 5.74) is 3.67. The monoisotopic (exact) mass is 495 g/mol. The molecule has 0 saturated carbocycles. The van der Waals surface area contributed by atoms with Crippen LogP contribution in [0.4, 0.5) is 0 Å². The van der Waals surface area contributed by atoms with Gasteiger partial charge in [-0.2, -0.15) is 10.5 Å². The Bertz CT molecular complexity index is 2100. The number of nitriles is 2.